The Hall–Kier alpha value is -1.75. The van der Waals surface area contributed by atoms with E-state index in [1.54, 1.807) is 24.3 Å². The fourth-order valence-corrected chi connectivity index (χ4v) is 1.43. The summed E-state index contributed by atoms with van der Waals surface area (Å²) in [5.41, 5.74) is -0.409. The van der Waals surface area contributed by atoms with Crippen LogP contribution in [0.3, 0.4) is 0 Å². The van der Waals surface area contributed by atoms with Gasteiger partial charge in [-0.2, -0.15) is 0 Å². The average Bonchev–Trinajstić information content (AvgIpc) is 2.25. The molecule has 1 aromatic carbocycles. The van der Waals surface area contributed by atoms with E-state index in [0.29, 0.717) is 10.8 Å². The largest absolute Gasteiger partial charge is 0.482 e. The highest BCUT2D eigenvalue weighted by atomic mass is 35.5. The normalized spacial score (nSPS) is 10.7. The van der Waals surface area contributed by atoms with Crippen LogP contribution in [0.5, 0.6) is 5.75 Å². The second-order valence-corrected chi connectivity index (χ2v) is 5.38. The zero-order chi connectivity index (χ0) is 14.5. The minimum Gasteiger partial charge on any atom is -0.482 e. The summed E-state index contributed by atoms with van der Waals surface area (Å²) in [5.74, 6) is -0.141. The highest BCUT2D eigenvalue weighted by molar-refractivity contribution is 6.32. The predicted octanol–water partition coefficient (Wildman–Crippen LogP) is 2.34. The molecule has 0 heterocycles. The Labute approximate surface area is 117 Å². The first-order valence-electron chi connectivity index (χ1n) is 5.77. The highest BCUT2D eigenvalue weighted by Gasteiger charge is 2.16. The van der Waals surface area contributed by atoms with Gasteiger partial charge in [0.2, 0.25) is 0 Å². The zero-order valence-corrected chi connectivity index (χ0v) is 11.9. The molecule has 0 aliphatic carbocycles. The fourth-order valence-electron chi connectivity index (χ4n) is 1.24. The smallest absolute Gasteiger partial charge is 0.321 e. The van der Waals surface area contributed by atoms with Gasteiger partial charge in [0.1, 0.15) is 5.75 Å². The van der Waals surface area contributed by atoms with Gasteiger partial charge in [0.15, 0.2) is 6.61 Å². The standard InChI is InChI=1S/C13H17ClN2O3/c1-13(2,3)16-12(18)15-11(17)8-19-10-7-5-4-6-9(10)14/h4-7H,8H2,1-3H3,(H2,15,16,17,18). The molecule has 104 valence electrons. The van der Waals surface area contributed by atoms with Crippen molar-refractivity contribution in [2.24, 2.45) is 0 Å². The Kier molecular flexibility index (Phi) is 5.18. The van der Waals surface area contributed by atoms with Crippen LogP contribution in [0.1, 0.15) is 20.8 Å². The molecule has 0 saturated carbocycles. The van der Waals surface area contributed by atoms with Crippen LogP contribution in [0.15, 0.2) is 24.3 Å². The lowest BCUT2D eigenvalue weighted by Gasteiger charge is -2.20. The van der Waals surface area contributed by atoms with E-state index in [9.17, 15) is 9.59 Å². The van der Waals surface area contributed by atoms with E-state index in [1.165, 1.54) is 0 Å². The molecular weight excluding hydrogens is 268 g/mol. The number of para-hydroxylation sites is 1. The first-order chi connectivity index (χ1) is 8.78. The first kappa shape index (κ1) is 15.3. The van der Waals surface area contributed by atoms with Gasteiger partial charge >= 0.3 is 6.03 Å². The number of halogens is 1. The third kappa shape index (κ3) is 6.10. The molecule has 6 heteroatoms. The molecule has 0 spiro atoms. The Bertz CT molecular complexity index is 469. The molecule has 0 radical (unpaired) electrons. The van der Waals surface area contributed by atoms with Gasteiger partial charge in [-0.05, 0) is 32.9 Å². The summed E-state index contributed by atoms with van der Waals surface area (Å²) in [5, 5.41) is 5.19. The molecule has 19 heavy (non-hydrogen) atoms. The Morgan fingerprint density at radius 1 is 1.26 bits per heavy atom. The molecule has 0 fully saturated rings. The summed E-state index contributed by atoms with van der Waals surface area (Å²) in [4.78, 5) is 22.9. The lowest BCUT2D eigenvalue weighted by atomic mass is 10.1. The van der Waals surface area contributed by atoms with Gasteiger partial charge in [0, 0.05) is 5.54 Å². The number of carbonyl (C=O) groups excluding carboxylic acids is 2. The van der Waals surface area contributed by atoms with E-state index in [1.807, 2.05) is 20.8 Å². The third-order valence-corrected chi connectivity index (χ3v) is 2.25. The summed E-state index contributed by atoms with van der Waals surface area (Å²) in [6.45, 7) is 5.17. The van der Waals surface area contributed by atoms with Crippen LogP contribution in [-0.2, 0) is 4.79 Å². The molecule has 3 amide bonds. The molecule has 5 nitrogen and oxygen atoms in total. The number of hydrogen-bond donors (Lipinski definition) is 2. The maximum atomic E-state index is 11.5. The van der Waals surface area contributed by atoms with Crippen molar-refractivity contribution in [3.05, 3.63) is 29.3 Å². The van der Waals surface area contributed by atoms with Crippen molar-refractivity contribution >= 4 is 23.5 Å². The SMILES string of the molecule is CC(C)(C)NC(=O)NC(=O)COc1ccccc1Cl. The number of imide groups is 1. The zero-order valence-electron chi connectivity index (χ0n) is 11.1. The van der Waals surface area contributed by atoms with Crippen molar-refractivity contribution in [2.75, 3.05) is 6.61 Å². The van der Waals surface area contributed by atoms with Crippen LogP contribution in [0.4, 0.5) is 4.79 Å². The van der Waals surface area contributed by atoms with Gasteiger partial charge in [0.25, 0.3) is 5.91 Å². The number of carbonyl (C=O) groups is 2. The summed E-state index contributed by atoms with van der Waals surface area (Å²) in [7, 11) is 0. The maximum absolute atomic E-state index is 11.5. The molecule has 0 saturated heterocycles. The summed E-state index contributed by atoms with van der Waals surface area (Å²) in [6, 6.07) is 6.24. The molecule has 2 N–H and O–H groups in total. The van der Waals surface area contributed by atoms with E-state index in [0.717, 1.165) is 0 Å². The number of benzene rings is 1. The molecular formula is C13H17ClN2O3. The number of hydrogen-bond acceptors (Lipinski definition) is 3. The number of ether oxygens (including phenoxy) is 1. The van der Waals surface area contributed by atoms with Crippen molar-refractivity contribution < 1.29 is 14.3 Å². The van der Waals surface area contributed by atoms with E-state index >= 15 is 0 Å². The second-order valence-electron chi connectivity index (χ2n) is 4.97. The molecule has 0 aromatic heterocycles. The van der Waals surface area contributed by atoms with Crippen LogP contribution in [0, 0.1) is 0 Å². The number of nitrogens with one attached hydrogen (secondary N) is 2. The highest BCUT2D eigenvalue weighted by Crippen LogP contribution is 2.22. The van der Waals surface area contributed by atoms with Gasteiger partial charge in [-0.3, -0.25) is 10.1 Å². The maximum Gasteiger partial charge on any atom is 0.321 e. The third-order valence-electron chi connectivity index (χ3n) is 1.94. The summed E-state index contributed by atoms with van der Waals surface area (Å²) < 4.78 is 5.21. The molecule has 0 bridgehead atoms. The Balaban J connectivity index is 2.40. The van der Waals surface area contributed by atoms with Crippen molar-refractivity contribution in [3.63, 3.8) is 0 Å². The van der Waals surface area contributed by atoms with E-state index in [4.69, 9.17) is 16.3 Å². The van der Waals surface area contributed by atoms with E-state index in [2.05, 4.69) is 10.6 Å². The fraction of sp³-hybridized carbons (Fsp3) is 0.385. The van der Waals surface area contributed by atoms with Gasteiger partial charge in [-0.1, -0.05) is 23.7 Å². The monoisotopic (exact) mass is 284 g/mol. The molecule has 1 aromatic rings. The topological polar surface area (TPSA) is 67.4 Å². The average molecular weight is 285 g/mol. The first-order valence-corrected chi connectivity index (χ1v) is 6.15. The second kappa shape index (κ2) is 6.43. The Morgan fingerprint density at radius 2 is 1.89 bits per heavy atom. The number of rotatable bonds is 3. The van der Waals surface area contributed by atoms with Crippen LogP contribution in [0.25, 0.3) is 0 Å². The van der Waals surface area contributed by atoms with Crippen molar-refractivity contribution in [1.82, 2.24) is 10.6 Å². The minimum absolute atomic E-state index is 0.276. The lowest BCUT2D eigenvalue weighted by molar-refractivity contribution is -0.122. The quantitative estimate of drug-likeness (QED) is 0.895. The molecule has 1 rings (SSSR count). The van der Waals surface area contributed by atoms with E-state index < -0.39 is 17.5 Å². The predicted molar refractivity (Wildman–Crippen MR) is 73.4 cm³/mol. The summed E-state index contributed by atoms with van der Waals surface area (Å²) >= 11 is 5.86. The molecule has 0 atom stereocenters. The van der Waals surface area contributed by atoms with Gasteiger partial charge < -0.3 is 10.1 Å². The van der Waals surface area contributed by atoms with Gasteiger partial charge in [-0.15, -0.1) is 0 Å². The lowest BCUT2D eigenvalue weighted by Crippen LogP contribution is -2.49. The van der Waals surface area contributed by atoms with Crippen LogP contribution in [0.2, 0.25) is 5.02 Å². The van der Waals surface area contributed by atoms with Crippen LogP contribution in [-0.4, -0.2) is 24.1 Å². The molecule has 0 unspecified atom stereocenters. The summed E-state index contributed by atoms with van der Waals surface area (Å²) in [6.07, 6.45) is 0. The number of urea groups is 1. The molecule has 0 aliphatic rings. The molecule has 0 aliphatic heterocycles. The van der Waals surface area contributed by atoms with Crippen molar-refractivity contribution in [3.8, 4) is 5.75 Å². The van der Waals surface area contributed by atoms with Gasteiger partial charge in [0.05, 0.1) is 5.02 Å². The van der Waals surface area contributed by atoms with Crippen LogP contribution >= 0.6 is 11.6 Å². The Morgan fingerprint density at radius 3 is 2.47 bits per heavy atom. The van der Waals surface area contributed by atoms with Gasteiger partial charge in [-0.25, -0.2) is 4.79 Å². The van der Waals surface area contributed by atoms with Crippen LogP contribution < -0.4 is 15.4 Å². The minimum atomic E-state index is -0.555. The van der Waals surface area contributed by atoms with Crippen molar-refractivity contribution in [2.45, 2.75) is 26.3 Å². The van der Waals surface area contributed by atoms with Crippen molar-refractivity contribution in [1.29, 1.82) is 0 Å². The number of amides is 3. The van der Waals surface area contributed by atoms with E-state index in [-0.39, 0.29) is 6.61 Å².